The maximum Gasteiger partial charge on any atom is 0.319 e. The van der Waals surface area contributed by atoms with Crippen molar-refractivity contribution >= 4 is 28.6 Å². The second-order valence-corrected chi connectivity index (χ2v) is 8.28. The standard InChI is InChI=1S/C23H24FN9O/c1-14-13-15(24)3-4-17(14)29-23(34)28-16-6-11-33(12-7-16)22-21-20(25-9-10-26-21)19(30-31-22)18-5-8-27-32(18)2/h3-5,8-10,13,16H,6-7,11-12H2,1-2H3,(H2,28,29,34). The topological polar surface area (TPSA) is 114 Å². The lowest BCUT2D eigenvalue weighted by molar-refractivity contribution is 0.246. The van der Waals surface area contributed by atoms with Crippen molar-refractivity contribution in [1.82, 2.24) is 35.3 Å². The summed E-state index contributed by atoms with van der Waals surface area (Å²) in [5.41, 5.74) is 4.07. The first kappa shape index (κ1) is 21.7. The number of nitrogens with zero attached hydrogens (tertiary/aromatic N) is 7. The summed E-state index contributed by atoms with van der Waals surface area (Å²) in [5, 5.41) is 19.0. The number of urea groups is 1. The molecule has 0 spiro atoms. The molecule has 1 fully saturated rings. The molecule has 5 rings (SSSR count). The number of hydrogen-bond acceptors (Lipinski definition) is 7. The molecule has 1 aliphatic heterocycles. The number of halogens is 1. The van der Waals surface area contributed by atoms with E-state index < -0.39 is 0 Å². The fourth-order valence-corrected chi connectivity index (χ4v) is 4.21. The maximum atomic E-state index is 13.3. The molecule has 0 atom stereocenters. The van der Waals surface area contributed by atoms with Crippen molar-refractivity contribution in [1.29, 1.82) is 0 Å². The van der Waals surface area contributed by atoms with Gasteiger partial charge in [-0.2, -0.15) is 5.10 Å². The van der Waals surface area contributed by atoms with Crippen LogP contribution in [0.2, 0.25) is 0 Å². The summed E-state index contributed by atoms with van der Waals surface area (Å²) in [7, 11) is 1.85. The third-order valence-corrected chi connectivity index (χ3v) is 6.01. The maximum absolute atomic E-state index is 13.3. The fraction of sp³-hybridized carbons (Fsp3) is 0.304. The molecule has 0 radical (unpaired) electrons. The summed E-state index contributed by atoms with van der Waals surface area (Å²) in [6.45, 7) is 3.13. The number of benzene rings is 1. The summed E-state index contributed by atoms with van der Waals surface area (Å²) in [5.74, 6) is 0.350. The molecule has 10 nitrogen and oxygen atoms in total. The Hall–Kier alpha value is -4.15. The smallest absolute Gasteiger partial charge is 0.319 e. The normalized spacial score (nSPS) is 14.4. The Balaban J connectivity index is 1.27. The monoisotopic (exact) mass is 461 g/mol. The first-order chi connectivity index (χ1) is 16.5. The number of fused-ring (bicyclic) bond motifs is 1. The van der Waals surface area contributed by atoms with Crippen LogP contribution < -0.4 is 15.5 Å². The van der Waals surface area contributed by atoms with Crippen LogP contribution in [0.4, 0.5) is 20.7 Å². The SMILES string of the molecule is Cc1cc(F)ccc1NC(=O)NC1CCN(c2nnc(-c3ccnn3C)c3nccnc23)CC1. The van der Waals surface area contributed by atoms with Crippen molar-refractivity contribution in [3.63, 3.8) is 0 Å². The van der Waals surface area contributed by atoms with Gasteiger partial charge in [-0.3, -0.25) is 9.67 Å². The molecule has 34 heavy (non-hydrogen) atoms. The van der Waals surface area contributed by atoms with Gasteiger partial charge >= 0.3 is 6.03 Å². The van der Waals surface area contributed by atoms with E-state index in [1.807, 2.05) is 13.1 Å². The molecular formula is C23H24FN9O. The number of piperidine rings is 1. The van der Waals surface area contributed by atoms with Gasteiger partial charge in [-0.05, 0) is 49.6 Å². The Morgan fingerprint density at radius 2 is 1.82 bits per heavy atom. The van der Waals surface area contributed by atoms with E-state index in [1.54, 1.807) is 36.3 Å². The minimum Gasteiger partial charge on any atom is -0.353 e. The van der Waals surface area contributed by atoms with Crippen LogP contribution in [-0.2, 0) is 7.05 Å². The summed E-state index contributed by atoms with van der Waals surface area (Å²) in [6, 6.07) is 5.86. The van der Waals surface area contributed by atoms with Crippen LogP contribution in [0.5, 0.6) is 0 Å². The highest BCUT2D eigenvalue weighted by Crippen LogP contribution is 2.29. The van der Waals surface area contributed by atoms with Crippen molar-refractivity contribution in [2.24, 2.45) is 7.05 Å². The van der Waals surface area contributed by atoms with E-state index in [1.165, 1.54) is 12.1 Å². The van der Waals surface area contributed by atoms with Crippen molar-refractivity contribution in [3.8, 4) is 11.4 Å². The number of carbonyl (C=O) groups excluding carboxylic acids is 1. The molecule has 0 unspecified atom stereocenters. The van der Waals surface area contributed by atoms with Crippen molar-refractivity contribution < 1.29 is 9.18 Å². The third kappa shape index (κ3) is 4.24. The Morgan fingerprint density at radius 1 is 1.06 bits per heavy atom. The summed E-state index contributed by atoms with van der Waals surface area (Å²) >= 11 is 0. The van der Waals surface area contributed by atoms with Crippen LogP contribution in [0.15, 0.2) is 42.9 Å². The number of amides is 2. The summed E-state index contributed by atoms with van der Waals surface area (Å²) in [6.07, 6.45) is 6.48. The van der Waals surface area contributed by atoms with Crippen molar-refractivity contribution in [2.45, 2.75) is 25.8 Å². The van der Waals surface area contributed by atoms with E-state index >= 15 is 0 Å². The Labute approximate surface area is 195 Å². The van der Waals surface area contributed by atoms with Gasteiger partial charge in [-0.15, -0.1) is 10.2 Å². The number of carbonyl (C=O) groups is 1. The van der Waals surface area contributed by atoms with Crippen molar-refractivity contribution in [3.05, 3.63) is 54.2 Å². The molecule has 1 saturated heterocycles. The van der Waals surface area contributed by atoms with E-state index in [2.05, 4.69) is 40.8 Å². The molecule has 0 saturated carbocycles. The number of rotatable bonds is 4. The Bertz CT molecular complexity index is 1350. The highest BCUT2D eigenvalue weighted by molar-refractivity contribution is 5.94. The van der Waals surface area contributed by atoms with E-state index in [4.69, 9.17) is 0 Å². The van der Waals surface area contributed by atoms with Gasteiger partial charge in [-0.25, -0.2) is 14.2 Å². The van der Waals surface area contributed by atoms with Crippen LogP contribution in [0, 0.1) is 12.7 Å². The molecule has 4 heterocycles. The summed E-state index contributed by atoms with van der Waals surface area (Å²) in [4.78, 5) is 23.6. The second kappa shape index (κ2) is 9.00. The van der Waals surface area contributed by atoms with Gasteiger partial charge in [0, 0.05) is 50.5 Å². The molecule has 3 aromatic heterocycles. The lowest BCUT2D eigenvalue weighted by Crippen LogP contribution is -2.46. The largest absolute Gasteiger partial charge is 0.353 e. The first-order valence-corrected chi connectivity index (χ1v) is 11.0. The molecular weight excluding hydrogens is 437 g/mol. The zero-order valence-electron chi connectivity index (χ0n) is 18.9. The minimum atomic E-state index is -0.329. The fourth-order valence-electron chi connectivity index (χ4n) is 4.21. The molecule has 11 heteroatoms. The zero-order chi connectivity index (χ0) is 23.7. The van der Waals surface area contributed by atoms with E-state index in [0.29, 0.717) is 46.9 Å². The number of hydrogen-bond donors (Lipinski definition) is 2. The van der Waals surface area contributed by atoms with Crippen LogP contribution in [0.3, 0.4) is 0 Å². The van der Waals surface area contributed by atoms with Gasteiger partial charge in [0.05, 0.1) is 5.69 Å². The quantitative estimate of drug-likeness (QED) is 0.480. The second-order valence-electron chi connectivity index (χ2n) is 8.28. The molecule has 1 aliphatic rings. The van der Waals surface area contributed by atoms with Crippen LogP contribution in [-0.4, -0.2) is 55.1 Å². The predicted molar refractivity (Wildman–Crippen MR) is 126 cm³/mol. The summed E-state index contributed by atoms with van der Waals surface area (Å²) < 4.78 is 15.0. The highest BCUT2D eigenvalue weighted by atomic mass is 19.1. The van der Waals surface area contributed by atoms with E-state index in [-0.39, 0.29) is 17.9 Å². The number of nitrogens with one attached hydrogen (secondary N) is 2. The van der Waals surface area contributed by atoms with Gasteiger partial charge < -0.3 is 15.5 Å². The van der Waals surface area contributed by atoms with E-state index in [9.17, 15) is 9.18 Å². The molecule has 2 N–H and O–H groups in total. The van der Waals surface area contributed by atoms with Gasteiger partial charge in [-0.1, -0.05) is 0 Å². The predicted octanol–water partition coefficient (Wildman–Crippen LogP) is 3.06. The third-order valence-electron chi connectivity index (χ3n) is 6.01. The molecule has 1 aromatic carbocycles. The first-order valence-electron chi connectivity index (χ1n) is 11.0. The van der Waals surface area contributed by atoms with Gasteiger partial charge in [0.1, 0.15) is 22.5 Å². The van der Waals surface area contributed by atoms with Crippen LogP contribution >= 0.6 is 0 Å². The van der Waals surface area contributed by atoms with Crippen LogP contribution in [0.25, 0.3) is 22.4 Å². The Kier molecular flexibility index (Phi) is 5.74. The number of aryl methyl sites for hydroxylation is 2. The van der Waals surface area contributed by atoms with Crippen molar-refractivity contribution in [2.75, 3.05) is 23.3 Å². The van der Waals surface area contributed by atoms with Crippen LogP contribution in [0.1, 0.15) is 18.4 Å². The number of aromatic nitrogens is 6. The van der Waals surface area contributed by atoms with E-state index in [0.717, 1.165) is 18.5 Å². The number of anilines is 2. The van der Waals surface area contributed by atoms with Gasteiger partial charge in [0.25, 0.3) is 0 Å². The molecule has 0 aliphatic carbocycles. The highest BCUT2D eigenvalue weighted by Gasteiger charge is 2.25. The molecule has 4 aromatic rings. The lowest BCUT2D eigenvalue weighted by atomic mass is 10.0. The van der Waals surface area contributed by atoms with Gasteiger partial charge in [0.15, 0.2) is 5.82 Å². The Morgan fingerprint density at radius 3 is 2.53 bits per heavy atom. The minimum absolute atomic E-state index is 0.0102. The zero-order valence-corrected chi connectivity index (χ0v) is 18.9. The van der Waals surface area contributed by atoms with Gasteiger partial charge in [0.2, 0.25) is 0 Å². The average molecular weight is 462 g/mol. The molecule has 174 valence electrons. The average Bonchev–Trinajstić information content (AvgIpc) is 3.26. The lowest BCUT2D eigenvalue weighted by Gasteiger charge is -2.33. The molecule has 2 amide bonds. The molecule has 0 bridgehead atoms.